The molecule has 0 bridgehead atoms. The van der Waals surface area contributed by atoms with E-state index in [1.165, 1.54) is 22.5 Å². The number of carbonyl (C=O) groups is 1. The zero-order valence-electron chi connectivity index (χ0n) is 15.6. The van der Waals surface area contributed by atoms with Gasteiger partial charge in [0.25, 0.3) is 0 Å². The van der Waals surface area contributed by atoms with Crippen molar-refractivity contribution in [1.82, 2.24) is 4.90 Å². The number of rotatable bonds is 3. The second-order valence-corrected chi connectivity index (χ2v) is 7.85. The molecule has 0 atom stereocenters. The van der Waals surface area contributed by atoms with Crippen LogP contribution in [0.5, 0.6) is 0 Å². The van der Waals surface area contributed by atoms with E-state index >= 15 is 0 Å². The van der Waals surface area contributed by atoms with E-state index in [2.05, 4.69) is 17.2 Å². The van der Waals surface area contributed by atoms with Crippen LogP contribution < -0.4 is 0 Å². The fraction of sp³-hybridized carbons (Fsp3) is 0.421. The number of hydrogen-bond donors (Lipinski definition) is 0. The van der Waals surface area contributed by atoms with Gasteiger partial charge < -0.3 is 9.64 Å². The summed E-state index contributed by atoms with van der Waals surface area (Å²) in [6.07, 6.45) is -2.09. The zero-order chi connectivity index (χ0) is 21.1. The summed E-state index contributed by atoms with van der Waals surface area (Å²) in [5, 5.41) is 1.15. The Balaban J connectivity index is 2.36. The SMILES string of the molecule is CC(C)(C)OC(=O)N1CC=C(c2c(Cl)cc(N=CC=S)cc2C(F)(F)F)CC1. The van der Waals surface area contributed by atoms with Crippen molar-refractivity contribution in [3.05, 3.63) is 34.4 Å². The van der Waals surface area contributed by atoms with Crippen LogP contribution in [0.4, 0.5) is 23.7 Å². The van der Waals surface area contributed by atoms with Gasteiger partial charge in [-0.15, -0.1) is 0 Å². The molecule has 0 saturated heterocycles. The third-order valence-corrected chi connectivity index (χ3v) is 4.27. The smallest absolute Gasteiger partial charge is 0.417 e. The molecule has 9 heteroatoms. The number of alkyl halides is 3. The second kappa shape index (κ2) is 8.61. The van der Waals surface area contributed by atoms with Gasteiger partial charge in [0, 0.05) is 30.2 Å². The summed E-state index contributed by atoms with van der Waals surface area (Å²) in [7, 11) is 0. The largest absolute Gasteiger partial charge is 0.444 e. The van der Waals surface area contributed by atoms with E-state index in [0.717, 1.165) is 6.07 Å². The summed E-state index contributed by atoms with van der Waals surface area (Å²) in [6.45, 7) is 5.62. The minimum Gasteiger partial charge on any atom is -0.444 e. The molecule has 0 N–H and O–H groups in total. The Morgan fingerprint density at radius 2 is 2.00 bits per heavy atom. The Morgan fingerprint density at radius 1 is 1.32 bits per heavy atom. The molecule has 0 aromatic heterocycles. The summed E-state index contributed by atoms with van der Waals surface area (Å²) < 4.78 is 46.2. The molecule has 0 radical (unpaired) electrons. The van der Waals surface area contributed by atoms with Gasteiger partial charge in [0.15, 0.2) is 0 Å². The minimum atomic E-state index is -4.61. The molecule has 1 aromatic rings. The predicted molar refractivity (Wildman–Crippen MR) is 109 cm³/mol. The molecule has 28 heavy (non-hydrogen) atoms. The summed E-state index contributed by atoms with van der Waals surface area (Å²) in [6, 6.07) is 2.31. The first-order valence-corrected chi connectivity index (χ1v) is 9.33. The summed E-state index contributed by atoms with van der Waals surface area (Å²) in [4.78, 5) is 17.4. The molecule has 2 rings (SSSR count). The molecule has 1 aromatic carbocycles. The summed E-state index contributed by atoms with van der Waals surface area (Å²) >= 11 is 10.8. The van der Waals surface area contributed by atoms with Crippen LogP contribution in [-0.2, 0) is 10.9 Å². The highest BCUT2D eigenvalue weighted by Crippen LogP contribution is 2.42. The van der Waals surface area contributed by atoms with E-state index in [1.807, 2.05) is 0 Å². The number of carbonyl (C=O) groups excluding carboxylic acids is 1. The van der Waals surface area contributed by atoms with Crippen LogP contribution in [0.15, 0.2) is 23.2 Å². The van der Waals surface area contributed by atoms with Crippen LogP contribution in [0.3, 0.4) is 0 Å². The van der Waals surface area contributed by atoms with Gasteiger partial charge in [-0.2, -0.15) is 13.2 Å². The highest BCUT2D eigenvalue weighted by molar-refractivity contribution is 7.80. The van der Waals surface area contributed by atoms with Gasteiger partial charge in [-0.1, -0.05) is 29.9 Å². The lowest BCUT2D eigenvalue weighted by Crippen LogP contribution is -2.39. The van der Waals surface area contributed by atoms with Gasteiger partial charge in [0.05, 0.1) is 16.3 Å². The molecule has 1 aliphatic heterocycles. The Bertz CT molecular complexity index is 830. The third-order valence-electron chi connectivity index (χ3n) is 3.85. The van der Waals surface area contributed by atoms with Crippen molar-refractivity contribution in [1.29, 1.82) is 0 Å². The maximum Gasteiger partial charge on any atom is 0.417 e. The first-order valence-electron chi connectivity index (χ1n) is 8.48. The molecule has 4 nitrogen and oxygen atoms in total. The molecule has 0 aliphatic carbocycles. The molecule has 1 aliphatic rings. The lowest BCUT2D eigenvalue weighted by atomic mass is 9.94. The van der Waals surface area contributed by atoms with E-state index in [-0.39, 0.29) is 35.8 Å². The van der Waals surface area contributed by atoms with Crippen LogP contribution in [0.2, 0.25) is 5.02 Å². The Labute approximate surface area is 172 Å². The number of nitrogens with zero attached hydrogens (tertiary/aromatic N) is 2. The molecule has 0 spiro atoms. The van der Waals surface area contributed by atoms with Crippen molar-refractivity contribution in [2.24, 2.45) is 4.99 Å². The Hall–Kier alpha value is -1.93. The fourth-order valence-electron chi connectivity index (χ4n) is 2.72. The van der Waals surface area contributed by atoms with Crippen molar-refractivity contribution in [3.8, 4) is 0 Å². The lowest BCUT2D eigenvalue weighted by Gasteiger charge is -2.30. The van der Waals surface area contributed by atoms with E-state index in [1.54, 1.807) is 26.8 Å². The normalized spacial score (nSPS) is 15.5. The number of amides is 1. The van der Waals surface area contributed by atoms with Crippen molar-refractivity contribution in [3.63, 3.8) is 0 Å². The van der Waals surface area contributed by atoms with Crippen LogP contribution in [0.1, 0.15) is 38.3 Å². The standard InChI is InChI=1S/C19H20ClF3N2O2S/c1-18(2,3)27-17(26)25-7-4-12(5-8-25)16-14(19(21,22)23)10-13(11-15(16)20)24-6-9-28/h4,6,9-11H,5,7-8H2,1-3H3. The van der Waals surface area contributed by atoms with Gasteiger partial charge in [-0.25, -0.2) is 4.79 Å². The van der Waals surface area contributed by atoms with Crippen LogP contribution >= 0.6 is 23.8 Å². The quantitative estimate of drug-likeness (QED) is 0.429. The first-order chi connectivity index (χ1) is 12.9. The van der Waals surface area contributed by atoms with Crippen molar-refractivity contribution in [2.45, 2.75) is 39.0 Å². The summed E-state index contributed by atoms with van der Waals surface area (Å²) in [5.41, 5.74) is -1.10. The molecular weight excluding hydrogens is 413 g/mol. The van der Waals surface area contributed by atoms with E-state index in [9.17, 15) is 18.0 Å². The van der Waals surface area contributed by atoms with E-state index < -0.39 is 23.4 Å². The minimum absolute atomic E-state index is 0.0525. The lowest BCUT2D eigenvalue weighted by molar-refractivity contribution is -0.137. The summed E-state index contributed by atoms with van der Waals surface area (Å²) in [5.74, 6) is 0. The Kier molecular flexibility index (Phi) is 6.88. The maximum atomic E-state index is 13.6. The van der Waals surface area contributed by atoms with Crippen LogP contribution in [-0.4, -0.2) is 41.3 Å². The first kappa shape index (κ1) is 22.4. The third kappa shape index (κ3) is 5.78. The van der Waals surface area contributed by atoms with E-state index in [4.69, 9.17) is 16.3 Å². The number of halogens is 4. The molecule has 152 valence electrons. The van der Waals surface area contributed by atoms with Crippen molar-refractivity contribution in [2.75, 3.05) is 13.1 Å². The van der Waals surface area contributed by atoms with Crippen molar-refractivity contribution < 1.29 is 22.7 Å². The highest BCUT2D eigenvalue weighted by Gasteiger charge is 2.36. The van der Waals surface area contributed by atoms with Gasteiger partial charge in [-0.05, 0) is 44.9 Å². The van der Waals surface area contributed by atoms with Gasteiger partial charge >= 0.3 is 12.3 Å². The molecule has 0 fully saturated rings. The topological polar surface area (TPSA) is 41.9 Å². The molecule has 1 heterocycles. The van der Waals surface area contributed by atoms with Crippen molar-refractivity contribution >= 4 is 52.8 Å². The van der Waals surface area contributed by atoms with Crippen LogP contribution in [0.25, 0.3) is 5.57 Å². The zero-order valence-corrected chi connectivity index (χ0v) is 17.2. The Morgan fingerprint density at radius 3 is 2.50 bits per heavy atom. The number of hydrogen-bond acceptors (Lipinski definition) is 4. The molecule has 0 unspecified atom stereocenters. The van der Waals surface area contributed by atoms with Gasteiger partial charge in [-0.3, -0.25) is 4.99 Å². The predicted octanol–water partition coefficient (Wildman–Crippen LogP) is 6.09. The molecular formula is C19H20ClF3N2O2S. The molecule has 0 saturated carbocycles. The highest BCUT2D eigenvalue weighted by atomic mass is 35.5. The van der Waals surface area contributed by atoms with Gasteiger partial charge in [0.2, 0.25) is 0 Å². The van der Waals surface area contributed by atoms with Crippen LogP contribution in [0, 0.1) is 0 Å². The number of ether oxygens (including phenoxy) is 1. The monoisotopic (exact) mass is 432 g/mol. The average Bonchev–Trinajstić information content (AvgIpc) is 2.57. The number of thiocarbonyl (C=S) groups is 1. The fourth-order valence-corrected chi connectivity index (χ4v) is 3.12. The second-order valence-electron chi connectivity index (χ2n) is 7.17. The number of aliphatic imine (C=N–C) groups is 1. The van der Waals surface area contributed by atoms with E-state index in [0.29, 0.717) is 5.57 Å². The number of benzene rings is 1. The maximum absolute atomic E-state index is 13.6. The average molecular weight is 433 g/mol. The van der Waals surface area contributed by atoms with Gasteiger partial charge in [0.1, 0.15) is 5.60 Å². The molecule has 1 amide bonds.